The van der Waals surface area contributed by atoms with E-state index in [0.29, 0.717) is 5.82 Å². The molecule has 0 aliphatic heterocycles. The van der Waals surface area contributed by atoms with Crippen molar-refractivity contribution in [1.82, 2.24) is 9.55 Å². The quantitative estimate of drug-likeness (QED) is 0.622. The number of aliphatic imine (C=N–C) groups is 1. The first-order valence-corrected chi connectivity index (χ1v) is 6.64. The van der Waals surface area contributed by atoms with Gasteiger partial charge in [0.05, 0.1) is 11.0 Å². The van der Waals surface area contributed by atoms with Crippen LogP contribution < -0.4 is 5.32 Å². The minimum atomic E-state index is 0.653. The Kier molecular flexibility index (Phi) is 4.90. The minimum absolute atomic E-state index is 0.653. The smallest absolute Gasteiger partial charge is 0.209 e. The average Bonchev–Trinajstić information content (AvgIpc) is 2.85. The number of unbranched alkanes of at least 4 members (excludes halogenated alkanes) is 1. The summed E-state index contributed by atoms with van der Waals surface area (Å²) in [6.07, 6.45) is 3.70. The van der Waals surface area contributed by atoms with Crippen molar-refractivity contribution in [3.63, 3.8) is 0 Å². The predicted molar refractivity (Wildman–Crippen MR) is 84.2 cm³/mol. The Morgan fingerprint density at radius 3 is 3.05 bits per heavy atom. The molecule has 0 aliphatic rings. The zero-order valence-electron chi connectivity index (χ0n) is 12.0. The third-order valence-electron chi connectivity index (χ3n) is 2.96. The lowest BCUT2D eigenvalue weighted by Crippen LogP contribution is -2.01. The molecule has 0 amide bonds. The molecule has 1 aromatic carbocycles. The summed E-state index contributed by atoms with van der Waals surface area (Å²) in [7, 11) is 3.54. The van der Waals surface area contributed by atoms with Crippen LogP contribution in [0, 0.1) is 0 Å². The highest BCUT2D eigenvalue weighted by atomic mass is 16.5. The van der Waals surface area contributed by atoms with E-state index in [1.54, 1.807) is 7.11 Å². The summed E-state index contributed by atoms with van der Waals surface area (Å²) in [5.41, 5.74) is 1.92. The zero-order valence-corrected chi connectivity index (χ0v) is 12.0. The predicted octanol–water partition coefficient (Wildman–Crippen LogP) is 3.00. The lowest BCUT2D eigenvalue weighted by atomic mass is 10.3. The molecule has 0 spiro atoms. The van der Waals surface area contributed by atoms with Gasteiger partial charge in [-0.25, -0.2) is 9.98 Å². The molecule has 2 rings (SSSR count). The molecule has 2 aromatic rings. The second kappa shape index (κ2) is 6.86. The van der Waals surface area contributed by atoms with Gasteiger partial charge in [0.15, 0.2) is 0 Å². The van der Waals surface area contributed by atoms with E-state index >= 15 is 0 Å². The fourth-order valence-electron chi connectivity index (χ4n) is 2.00. The number of aromatic nitrogens is 2. The average molecular weight is 272 g/mol. The number of para-hydroxylation sites is 2. The maximum atomic E-state index is 5.01. The molecule has 0 bridgehead atoms. The number of fused-ring (bicyclic) bond motifs is 1. The monoisotopic (exact) mass is 272 g/mol. The summed E-state index contributed by atoms with van der Waals surface area (Å²) in [6.45, 7) is 4.77. The summed E-state index contributed by atoms with van der Waals surface area (Å²) in [6, 6.07) is 7.93. The van der Waals surface area contributed by atoms with Gasteiger partial charge in [-0.05, 0) is 25.0 Å². The van der Waals surface area contributed by atoms with Crippen LogP contribution >= 0.6 is 0 Å². The molecule has 1 heterocycles. The first-order valence-electron chi connectivity index (χ1n) is 6.64. The summed E-state index contributed by atoms with van der Waals surface area (Å²) in [5, 5.41) is 3.07. The molecule has 0 radical (unpaired) electrons. The molecular weight excluding hydrogens is 252 g/mol. The third-order valence-corrected chi connectivity index (χ3v) is 2.96. The van der Waals surface area contributed by atoms with E-state index in [-0.39, 0.29) is 0 Å². The number of methoxy groups -OCH3 is 1. The van der Waals surface area contributed by atoms with Crippen LogP contribution in [0.1, 0.15) is 12.8 Å². The van der Waals surface area contributed by atoms with Gasteiger partial charge in [-0.1, -0.05) is 18.7 Å². The second-order valence-corrected chi connectivity index (χ2v) is 4.37. The van der Waals surface area contributed by atoms with Crippen molar-refractivity contribution in [2.24, 2.45) is 4.99 Å². The Hall–Kier alpha value is -2.14. The Balaban J connectivity index is 2.20. The van der Waals surface area contributed by atoms with Gasteiger partial charge in [0.25, 0.3) is 0 Å². The number of ether oxygens (including phenoxy) is 1. The van der Waals surface area contributed by atoms with Crippen LogP contribution in [-0.2, 0) is 4.74 Å². The molecule has 0 fully saturated rings. The van der Waals surface area contributed by atoms with Crippen LogP contribution in [0.4, 0.5) is 5.95 Å². The molecule has 20 heavy (non-hydrogen) atoms. The zero-order chi connectivity index (χ0) is 14.4. The Bertz CT molecular complexity index is 615. The fraction of sp³-hybridized carbons (Fsp3) is 0.333. The molecule has 5 heteroatoms. The summed E-state index contributed by atoms with van der Waals surface area (Å²) >= 11 is 0. The van der Waals surface area contributed by atoms with Gasteiger partial charge >= 0.3 is 0 Å². The summed E-state index contributed by atoms with van der Waals surface area (Å²) in [5.74, 6) is 1.39. The van der Waals surface area contributed by atoms with E-state index in [0.717, 1.165) is 36.4 Å². The highest BCUT2D eigenvalue weighted by Crippen LogP contribution is 2.23. The molecule has 0 unspecified atom stereocenters. The van der Waals surface area contributed by atoms with Gasteiger partial charge in [-0.3, -0.25) is 4.57 Å². The number of benzene rings is 1. The summed E-state index contributed by atoms with van der Waals surface area (Å²) < 4.78 is 6.92. The van der Waals surface area contributed by atoms with Crippen LogP contribution in [0.15, 0.2) is 35.8 Å². The number of anilines is 1. The number of imidazole rings is 1. The van der Waals surface area contributed by atoms with Crippen molar-refractivity contribution in [2.75, 3.05) is 26.1 Å². The van der Waals surface area contributed by atoms with Crippen LogP contribution in [-0.4, -0.2) is 36.5 Å². The minimum Gasteiger partial charge on any atom is -0.385 e. The highest BCUT2D eigenvalue weighted by molar-refractivity contribution is 5.83. The summed E-state index contributed by atoms with van der Waals surface area (Å²) in [4.78, 5) is 8.91. The number of rotatable bonds is 7. The Labute approximate surface area is 119 Å². The lowest BCUT2D eigenvalue weighted by Gasteiger charge is -2.07. The van der Waals surface area contributed by atoms with Gasteiger partial charge in [-0.15, -0.1) is 0 Å². The molecule has 5 nitrogen and oxygen atoms in total. The van der Waals surface area contributed by atoms with Crippen molar-refractivity contribution < 1.29 is 4.74 Å². The molecule has 0 atom stereocenters. The van der Waals surface area contributed by atoms with E-state index in [9.17, 15) is 0 Å². The molecule has 0 saturated carbocycles. The second-order valence-electron chi connectivity index (χ2n) is 4.37. The Morgan fingerprint density at radius 2 is 2.30 bits per heavy atom. The molecule has 106 valence electrons. The van der Waals surface area contributed by atoms with E-state index in [1.165, 1.54) is 0 Å². The lowest BCUT2D eigenvalue weighted by molar-refractivity contribution is 0.197. The molecule has 1 N–H and O–H groups in total. The molecule has 0 aliphatic carbocycles. The van der Waals surface area contributed by atoms with Crippen molar-refractivity contribution >= 4 is 29.0 Å². The van der Waals surface area contributed by atoms with E-state index in [4.69, 9.17) is 4.74 Å². The van der Waals surface area contributed by atoms with Gasteiger partial charge < -0.3 is 10.1 Å². The molecule has 0 saturated heterocycles. The van der Waals surface area contributed by atoms with Crippen LogP contribution in [0.3, 0.4) is 0 Å². The van der Waals surface area contributed by atoms with Crippen molar-refractivity contribution in [3.05, 3.63) is 30.8 Å². The number of nitrogens with one attached hydrogen (secondary N) is 1. The standard InChI is InChI=1S/C15H20N4O/c1-12(17-10-6-7-11-20-3)19-14-9-5-4-8-13(14)18-15(19)16-2/h4-5,8-10H,1,6-7,11H2,2-3H3,(H,16,18). The first-order chi connectivity index (χ1) is 9.77. The van der Waals surface area contributed by atoms with Crippen molar-refractivity contribution in [2.45, 2.75) is 12.8 Å². The van der Waals surface area contributed by atoms with Crippen LogP contribution in [0.5, 0.6) is 0 Å². The SMILES string of the molecule is C=C(N=CCCCOC)n1c(NC)nc2ccccc21. The van der Waals surface area contributed by atoms with Gasteiger partial charge in [-0.2, -0.15) is 0 Å². The molecular formula is C15H20N4O. The van der Waals surface area contributed by atoms with Crippen LogP contribution in [0.25, 0.3) is 16.9 Å². The third kappa shape index (κ3) is 3.05. The van der Waals surface area contributed by atoms with Crippen molar-refractivity contribution in [1.29, 1.82) is 0 Å². The fourth-order valence-corrected chi connectivity index (χ4v) is 2.00. The topological polar surface area (TPSA) is 51.4 Å². The van der Waals surface area contributed by atoms with Crippen LogP contribution in [0.2, 0.25) is 0 Å². The maximum Gasteiger partial charge on any atom is 0.209 e. The maximum absolute atomic E-state index is 5.01. The number of hydrogen-bond acceptors (Lipinski definition) is 4. The normalized spacial score (nSPS) is 11.3. The largest absolute Gasteiger partial charge is 0.385 e. The Morgan fingerprint density at radius 1 is 1.50 bits per heavy atom. The number of hydrogen-bond donors (Lipinski definition) is 1. The van der Waals surface area contributed by atoms with E-state index < -0.39 is 0 Å². The highest BCUT2D eigenvalue weighted by Gasteiger charge is 2.10. The first kappa shape index (κ1) is 14.3. The van der Waals surface area contributed by atoms with E-state index in [1.807, 2.05) is 42.1 Å². The van der Waals surface area contributed by atoms with Gasteiger partial charge in [0.1, 0.15) is 5.82 Å². The van der Waals surface area contributed by atoms with E-state index in [2.05, 4.69) is 21.9 Å². The van der Waals surface area contributed by atoms with Crippen molar-refractivity contribution in [3.8, 4) is 0 Å². The van der Waals surface area contributed by atoms with Gasteiger partial charge in [0, 0.05) is 27.0 Å². The molecule has 1 aromatic heterocycles. The number of nitrogens with zero attached hydrogens (tertiary/aromatic N) is 3. The van der Waals surface area contributed by atoms with Gasteiger partial charge in [0.2, 0.25) is 5.95 Å².